The van der Waals surface area contributed by atoms with Gasteiger partial charge >= 0.3 is 0 Å². The van der Waals surface area contributed by atoms with E-state index in [9.17, 15) is 0 Å². The number of aromatic nitrogens is 4. The first-order valence-corrected chi connectivity index (χ1v) is 9.12. The van der Waals surface area contributed by atoms with Crippen LogP contribution in [0.15, 0.2) is 36.4 Å². The lowest BCUT2D eigenvalue weighted by Gasteiger charge is -2.16. The fourth-order valence-electron chi connectivity index (χ4n) is 3.25. The van der Waals surface area contributed by atoms with Crippen LogP contribution in [0.3, 0.4) is 0 Å². The van der Waals surface area contributed by atoms with Gasteiger partial charge in [-0.05, 0) is 58.8 Å². The van der Waals surface area contributed by atoms with Crippen LogP contribution in [0, 0.1) is 20.8 Å². The van der Waals surface area contributed by atoms with E-state index >= 15 is 0 Å². The predicted molar refractivity (Wildman–Crippen MR) is 105 cm³/mol. The van der Waals surface area contributed by atoms with Crippen molar-refractivity contribution >= 4 is 0 Å². The molecule has 0 aliphatic carbocycles. The summed E-state index contributed by atoms with van der Waals surface area (Å²) in [5.41, 5.74) is 6.77. The molecule has 0 radical (unpaired) electrons. The van der Waals surface area contributed by atoms with Gasteiger partial charge in [0, 0.05) is 17.0 Å². The monoisotopic (exact) mass is 349 g/mol. The lowest BCUT2D eigenvalue weighted by molar-refractivity contribution is 0.314. The molecular formula is C21H27N5. The average Bonchev–Trinajstić information content (AvgIpc) is 2.94. The third-order valence-corrected chi connectivity index (χ3v) is 4.63. The molecule has 0 spiro atoms. The molecule has 136 valence electrons. The normalized spacial score (nSPS) is 11.3. The summed E-state index contributed by atoms with van der Waals surface area (Å²) >= 11 is 0. The molecule has 2 aromatic heterocycles. The third kappa shape index (κ3) is 4.55. The number of hydrogen-bond acceptors (Lipinski definition) is 4. The molecule has 1 N–H and O–H groups in total. The Morgan fingerprint density at radius 3 is 2.50 bits per heavy atom. The standard InChI is InChI=1S/C21H27N5/c1-15-13-20(18-9-6-5-7-10-18)23-21(22-15)14-26(4)12-8-11-19-16(2)24-25-17(19)3/h5-7,9-10,13H,8,11-12,14H2,1-4H3,(H,24,25). The highest BCUT2D eigenvalue weighted by atomic mass is 15.1. The Bertz CT molecular complexity index is 835. The molecule has 0 amide bonds. The lowest BCUT2D eigenvalue weighted by Crippen LogP contribution is -2.21. The van der Waals surface area contributed by atoms with Gasteiger partial charge in [-0.2, -0.15) is 5.10 Å². The van der Waals surface area contributed by atoms with E-state index in [-0.39, 0.29) is 0 Å². The van der Waals surface area contributed by atoms with E-state index < -0.39 is 0 Å². The maximum atomic E-state index is 4.76. The summed E-state index contributed by atoms with van der Waals surface area (Å²) in [6.45, 7) is 7.94. The predicted octanol–water partition coefficient (Wildman–Crippen LogP) is 3.86. The van der Waals surface area contributed by atoms with Crippen molar-refractivity contribution in [1.29, 1.82) is 0 Å². The van der Waals surface area contributed by atoms with Crippen molar-refractivity contribution in [2.75, 3.05) is 13.6 Å². The van der Waals surface area contributed by atoms with Crippen molar-refractivity contribution < 1.29 is 0 Å². The molecular weight excluding hydrogens is 322 g/mol. The minimum Gasteiger partial charge on any atom is -0.299 e. The van der Waals surface area contributed by atoms with Gasteiger partial charge < -0.3 is 0 Å². The summed E-state index contributed by atoms with van der Waals surface area (Å²) in [4.78, 5) is 11.7. The lowest BCUT2D eigenvalue weighted by atomic mass is 10.1. The Hall–Kier alpha value is -2.53. The van der Waals surface area contributed by atoms with E-state index in [4.69, 9.17) is 4.98 Å². The number of nitrogens with zero attached hydrogens (tertiary/aromatic N) is 4. The summed E-state index contributed by atoms with van der Waals surface area (Å²) in [5.74, 6) is 0.877. The zero-order valence-corrected chi connectivity index (χ0v) is 16.1. The van der Waals surface area contributed by atoms with Crippen molar-refractivity contribution in [1.82, 2.24) is 25.1 Å². The Kier molecular flexibility index (Phi) is 5.78. The first kappa shape index (κ1) is 18.3. The molecule has 0 saturated heterocycles. The van der Waals surface area contributed by atoms with Gasteiger partial charge in [0.2, 0.25) is 0 Å². The molecule has 0 aliphatic rings. The highest BCUT2D eigenvalue weighted by Crippen LogP contribution is 2.18. The molecule has 0 aliphatic heterocycles. The van der Waals surface area contributed by atoms with E-state index in [1.54, 1.807) is 0 Å². The fraction of sp³-hybridized carbons (Fsp3) is 0.381. The molecule has 0 atom stereocenters. The zero-order valence-electron chi connectivity index (χ0n) is 16.1. The smallest absolute Gasteiger partial charge is 0.143 e. The van der Waals surface area contributed by atoms with Crippen LogP contribution in [0.4, 0.5) is 0 Å². The largest absolute Gasteiger partial charge is 0.299 e. The quantitative estimate of drug-likeness (QED) is 0.704. The molecule has 26 heavy (non-hydrogen) atoms. The van der Waals surface area contributed by atoms with E-state index in [1.807, 2.05) is 31.2 Å². The minimum absolute atomic E-state index is 0.755. The van der Waals surface area contributed by atoms with Crippen molar-refractivity contribution in [3.63, 3.8) is 0 Å². The molecule has 1 aromatic carbocycles. The molecule has 0 saturated carbocycles. The zero-order chi connectivity index (χ0) is 18.5. The van der Waals surface area contributed by atoms with E-state index in [1.165, 1.54) is 11.3 Å². The van der Waals surface area contributed by atoms with Crippen molar-refractivity contribution in [3.8, 4) is 11.3 Å². The molecule has 5 nitrogen and oxygen atoms in total. The van der Waals surface area contributed by atoms with Gasteiger partial charge in [0.1, 0.15) is 5.82 Å². The number of nitrogens with one attached hydrogen (secondary N) is 1. The summed E-state index contributed by atoms with van der Waals surface area (Å²) in [6.07, 6.45) is 2.14. The second kappa shape index (κ2) is 8.23. The SMILES string of the molecule is Cc1cc(-c2ccccc2)nc(CN(C)CCCc2c(C)n[nH]c2C)n1. The second-order valence-corrected chi connectivity index (χ2v) is 6.93. The Morgan fingerprint density at radius 2 is 1.81 bits per heavy atom. The van der Waals surface area contributed by atoms with Crippen molar-refractivity contribution in [2.24, 2.45) is 0 Å². The first-order valence-electron chi connectivity index (χ1n) is 9.12. The van der Waals surface area contributed by atoms with Gasteiger partial charge in [-0.15, -0.1) is 0 Å². The molecule has 3 rings (SSSR count). The summed E-state index contributed by atoms with van der Waals surface area (Å²) in [6, 6.07) is 12.3. The number of aryl methyl sites for hydroxylation is 3. The number of aromatic amines is 1. The topological polar surface area (TPSA) is 57.7 Å². The molecule has 2 heterocycles. The number of rotatable bonds is 7. The second-order valence-electron chi connectivity index (χ2n) is 6.93. The van der Waals surface area contributed by atoms with E-state index in [2.05, 4.69) is 53.1 Å². The number of H-pyrrole nitrogens is 1. The van der Waals surface area contributed by atoms with Crippen LogP contribution < -0.4 is 0 Å². The molecule has 0 fully saturated rings. The summed E-state index contributed by atoms with van der Waals surface area (Å²) in [7, 11) is 2.13. The van der Waals surface area contributed by atoms with Gasteiger partial charge in [0.05, 0.1) is 17.9 Å². The molecule has 3 aromatic rings. The Balaban J connectivity index is 1.60. The Morgan fingerprint density at radius 1 is 1.04 bits per heavy atom. The van der Waals surface area contributed by atoms with Crippen LogP contribution in [0.25, 0.3) is 11.3 Å². The average molecular weight is 349 g/mol. The van der Waals surface area contributed by atoms with E-state index in [0.29, 0.717) is 0 Å². The van der Waals surface area contributed by atoms with Gasteiger partial charge in [0.15, 0.2) is 0 Å². The van der Waals surface area contributed by atoms with Gasteiger partial charge in [0.25, 0.3) is 0 Å². The van der Waals surface area contributed by atoms with Crippen LogP contribution in [-0.4, -0.2) is 38.7 Å². The van der Waals surface area contributed by atoms with Crippen LogP contribution in [-0.2, 0) is 13.0 Å². The highest BCUT2D eigenvalue weighted by Gasteiger charge is 2.09. The van der Waals surface area contributed by atoms with Crippen molar-refractivity contribution in [3.05, 3.63) is 64.9 Å². The van der Waals surface area contributed by atoms with Crippen LogP contribution in [0.5, 0.6) is 0 Å². The number of benzene rings is 1. The Labute approximate surface area is 155 Å². The molecule has 5 heteroatoms. The number of hydrogen-bond donors (Lipinski definition) is 1. The van der Waals surface area contributed by atoms with Crippen LogP contribution in [0.1, 0.15) is 34.9 Å². The maximum Gasteiger partial charge on any atom is 0.143 e. The van der Waals surface area contributed by atoms with Gasteiger partial charge in [-0.3, -0.25) is 10.00 Å². The van der Waals surface area contributed by atoms with Crippen LogP contribution in [0.2, 0.25) is 0 Å². The molecule has 0 unspecified atom stereocenters. The summed E-state index contributed by atoms with van der Waals surface area (Å²) < 4.78 is 0. The van der Waals surface area contributed by atoms with E-state index in [0.717, 1.165) is 54.4 Å². The first-order chi connectivity index (χ1) is 12.5. The fourth-order valence-corrected chi connectivity index (χ4v) is 3.25. The molecule has 0 bridgehead atoms. The summed E-state index contributed by atoms with van der Waals surface area (Å²) in [5, 5.41) is 7.33. The maximum absolute atomic E-state index is 4.76. The van der Waals surface area contributed by atoms with Crippen LogP contribution >= 0.6 is 0 Å². The van der Waals surface area contributed by atoms with Crippen molar-refractivity contribution in [2.45, 2.75) is 40.2 Å². The third-order valence-electron chi connectivity index (χ3n) is 4.63. The van der Waals surface area contributed by atoms with Gasteiger partial charge in [-0.1, -0.05) is 30.3 Å². The van der Waals surface area contributed by atoms with Gasteiger partial charge in [-0.25, -0.2) is 9.97 Å². The highest BCUT2D eigenvalue weighted by molar-refractivity contribution is 5.58. The minimum atomic E-state index is 0.755.